The number of carbonyl (C=O) groups is 4. The third-order valence-electron chi connectivity index (χ3n) is 13.0. The van der Waals surface area contributed by atoms with Crippen LogP contribution in [0.25, 0.3) is 10.9 Å². The summed E-state index contributed by atoms with van der Waals surface area (Å²) in [6.07, 6.45) is 6.86. The Morgan fingerprint density at radius 2 is 1.67 bits per heavy atom. The van der Waals surface area contributed by atoms with Crippen LogP contribution in [0.15, 0.2) is 60.9 Å². The molecule has 4 fully saturated rings. The van der Waals surface area contributed by atoms with Crippen LogP contribution in [0.2, 0.25) is 0 Å². The number of nitriles is 1. The molecule has 2 aromatic carbocycles. The maximum Gasteiger partial charge on any atom is 0.262 e. The van der Waals surface area contributed by atoms with Crippen LogP contribution in [0.1, 0.15) is 88.0 Å². The van der Waals surface area contributed by atoms with Crippen molar-refractivity contribution < 1.29 is 33.4 Å². The number of halogens is 1. The predicted molar refractivity (Wildman–Crippen MR) is 222 cm³/mol. The Morgan fingerprint density at radius 3 is 2.41 bits per heavy atom. The molecule has 0 spiro atoms. The van der Waals surface area contributed by atoms with Gasteiger partial charge in [-0.15, -0.1) is 0 Å². The number of pyridine rings is 2. The van der Waals surface area contributed by atoms with Gasteiger partial charge in [0.2, 0.25) is 5.91 Å². The fourth-order valence-corrected chi connectivity index (χ4v) is 9.57. The Labute approximate surface area is 352 Å². The molecule has 1 saturated carbocycles. The van der Waals surface area contributed by atoms with Crippen molar-refractivity contribution in [2.45, 2.75) is 75.8 Å². The number of fused-ring (bicyclic) bond motifs is 2. The molecule has 4 aromatic rings. The van der Waals surface area contributed by atoms with E-state index in [0.29, 0.717) is 47.0 Å². The van der Waals surface area contributed by atoms with Crippen LogP contribution in [-0.2, 0) is 4.79 Å². The number of ether oxygens (including phenoxy) is 1. The van der Waals surface area contributed by atoms with E-state index in [1.54, 1.807) is 24.4 Å². The van der Waals surface area contributed by atoms with Gasteiger partial charge < -0.3 is 30.3 Å². The van der Waals surface area contributed by atoms with Gasteiger partial charge in [-0.1, -0.05) is 0 Å². The standard InChI is InChI=1S/C45H48FN9O6/c46-36-22-29(42(57)50-30-4-7-32(8-5-30)61-38-11-3-28(24-47)40-34(38)2-1-15-48-40)25-49-41(36)54-16-13-27(14-17-54)26-52-18-20-53(21-19-52)31-6-9-33-35(23-31)45(60)55(44(33)59)37-10-12-39(56)51-43(37)58/h1-3,6,9,11,15,22-23,25,27,30,32,37,43,58H,4-5,7-8,10,12-14,16-21,26H2,(H,50,57)(H,51,56). The minimum absolute atomic E-state index is 0.0338. The number of piperazine rings is 1. The molecule has 2 atom stereocenters. The molecular weight excluding hydrogens is 782 g/mol. The van der Waals surface area contributed by atoms with Gasteiger partial charge in [-0.3, -0.25) is 34.0 Å². The van der Waals surface area contributed by atoms with Crippen molar-refractivity contribution in [1.29, 1.82) is 5.26 Å². The molecule has 6 heterocycles. The number of hydrogen-bond donors (Lipinski definition) is 3. The SMILES string of the molecule is N#Cc1ccc(OC2CCC(NC(=O)c3cnc(N4CCC(CN5CCN(c6ccc7c(c6)C(=O)N(C6CCC(=O)NC6O)C7=O)CC5)CC4)c(F)c3)CC2)c2cccnc12. The van der Waals surface area contributed by atoms with Gasteiger partial charge in [-0.25, -0.2) is 9.37 Å². The molecule has 0 bridgehead atoms. The molecular formula is C45H48FN9O6. The van der Waals surface area contributed by atoms with E-state index in [-0.39, 0.29) is 48.2 Å². The van der Waals surface area contributed by atoms with E-state index in [1.165, 1.54) is 12.3 Å². The summed E-state index contributed by atoms with van der Waals surface area (Å²) in [5.74, 6) is -0.646. The van der Waals surface area contributed by atoms with Crippen molar-refractivity contribution in [1.82, 2.24) is 30.4 Å². The van der Waals surface area contributed by atoms with Gasteiger partial charge in [0, 0.05) is 81.7 Å². The first-order chi connectivity index (χ1) is 29.6. The number of hydrogen-bond acceptors (Lipinski definition) is 12. The number of nitrogens with zero attached hydrogens (tertiary/aromatic N) is 7. The lowest BCUT2D eigenvalue weighted by molar-refractivity contribution is -0.129. The summed E-state index contributed by atoms with van der Waals surface area (Å²) in [7, 11) is 0. The molecule has 4 amide bonds. The summed E-state index contributed by atoms with van der Waals surface area (Å²) >= 11 is 0. The molecule has 16 heteroatoms. The van der Waals surface area contributed by atoms with E-state index in [4.69, 9.17) is 4.74 Å². The number of aromatic nitrogens is 2. The average molecular weight is 830 g/mol. The van der Waals surface area contributed by atoms with Crippen LogP contribution >= 0.6 is 0 Å². The smallest absolute Gasteiger partial charge is 0.262 e. The van der Waals surface area contributed by atoms with Crippen molar-refractivity contribution >= 4 is 46.0 Å². The Bertz CT molecular complexity index is 2400. The van der Waals surface area contributed by atoms with Crippen molar-refractivity contribution in [3.63, 3.8) is 0 Å². The van der Waals surface area contributed by atoms with Crippen LogP contribution in [-0.4, -0.2) is 119 Å². The summed E-state index contributed by atoms with van der Waals surface area (Å²) in [4.78, 5) is 67.9. The van der Waals surface area contributed by atoms with Crippen LogP contribution in [0, 0.1) is 23.1 Å². The number of imide groups is 1. The van der Waals surface area contributed by atoms with Gasteiger partial charge in [0.25, 0.3) is 17.7 Å². The monoisotopic (exact) mass is 829 g/mol. The van der Waals surface area contributed by atoms with E-state index in [0.717, 1.165) is 87.2 Å². The predicted octanol–water partition coefficient (Wildman–Crippen LogP) is 3.99. The van der Waals surface area contributed by atoms with Crippen molar-refractivity contribution in [3.8, 4) is 11.8 Å². The first-order valence-electron chi connectivity index (χ1n) is 21.3. The molecule has 316 valence electrons. The van der Waals surface area contributed by atoms with E-state index in [9.17, 15) is 29.5 Å². The largest absolute Gasteiger partial charge is 0.490 e. The lowest BCUT2D eigenvalue weighted by Gasteiger charge is -2.40. The Kier molecular flexibility index (Phi) is 11.3. The van der Waals surface area contributed by atoms with Crippen LogP contribution < -0.4 is 25.2 Å². The number of rotatable bonds is 9. The topological polar surface area (TPSA) is 184 Å². The van der Waals surface area contributed by atoms with Crippen molar-refractivity contribution in [2.75, 3.05) is 55.6 Å². The normalized spacial score (nSPS) is 23.8. The van der Waals surface area contributed by atoms with Gasteiger partial charge in [0.15, 0.2) is 11.6 Å². The number of piperidine rings is 2. The van der Waals surface area contributed by atoms with Gasteiger partial charge in [-0.2, -0.15) is 5.26 Å². The zero-order valence-electron chi connectivity index (χ0n) is 33.8. The lowest BCUT2D eigenvalue weighted by atomic mass is 9.92. The lowest BCUT2D eigenvalue weighted by Crippen LogP contribution is -2.57. The molecule has 3 saturated heterocycles. The zero-order valence-corrected chi connectivity index (χ0v) is 33.8. The zero-order chi connectivity index (χ0) is 42.2. The number of carbonyl (C=O) groups excluding carboxylic acids is 4. The number of anilines is 2. The van der Waals surface area contributed by atoms with Crippen molar-refractivity contribution in [2.24, 2.45) is 5.92 Å². The van der Waals surface area contributed by atoms with E-state index in [2.05, 4.69) is 36.5 Å². The van der Waals surface area contributed by atoms with Crippen LogP contribution in [0.3, 0.4) is 0 Å². The molecule has 4 aliphatic heterocycles. The molecule has 1 aliphatic carbocycles. The van der Waals surface area contributed by atoms with E-state index < -0.39 is 29.9 Å². The van der Waals surface area contributed by atoms with Gasteiger partial charge in [-0.05, 0) is 99.4 Å². The minimum atomic E-state index is -1.29. The molecule has 0 radical (unpaired) electrons. The molecule has 3 N–H and O–H groups in total. The fraction of sp³-hybridized carbons (Fsp3) is 0.444. The summed E-state index contributed by atoms with van der Waals surface area (Å²) in [5, 5.41) is 26.1. The quantitative estimate of drug-likeness (QED) is 0.207. The maximum atomic E-state index is 15.5. The first kappa shape index (κ1) is 40.2. The second kappa shape index (κ2) is 17.1. The summed E-state index contributed by atoms with van der Waals surface area (Å²) in [5.41, 5.74) is 2.81. The summed E-state index contributed by atoms with van der Waals surface area (Å²) in [6.45, 7) is 5.47. The maximum absolute atomic E-state index is 15.5. The molecule has 2 aromatic heterocycles. The van der Waals surface area contributed by atoms with Gasteiger partial charge >= 0.3 is 0 Å². The highest BCUT2D eigenvalue weighted by Gasteiger charge is 2.44. The van der Waals surface area contributed by atoms with E-state index in [1.807, 2.05) is 29.2 Å². The highest BCUT2D eigenvalue weighted by molar-refractivity contribution is 6.22. The third kappa shape index (κ3) is 8.19. The van der Waals surface area contributed by atoms with E-state index >= 15 is 4.39 Å². The summed E-state index contributed by atoms with van der Waals surface area (Å²) < 4.78 is 21.8. The number of benzene rings is 2. The minimum Gasteiger partial charge on any atom is -0.490 e. The summed E-state index contributed by atoms with van der Waals surface area (Å²) in [6, 6.07) is 15.2. The number of amides is 4. The number of aliphatic hydroxyl groups is 1. The molecule has 15 nitrogen and oxygen atoms in total. The number of aliphatic hydroxyl groups excluding tert-OH is 1. The Balaban J connectivity index is 0.713. The number of nitrogens with one attached hydrogen (secondary N) is 2. The molecule has 5 aliphatic rings. The highest BCUT2D eigenvalue weighted by atomic mass is 19.1. The molecule has 9 rings (SSSR count). The van der Waals surface area contributed by atoms with Crippen LogP contribution in [0.5, 0.6) is 5.75 Å². The Hall–Kier alpha value is -6.18. The van der Waals surface area contributed by atoms with Crippen molar-refractivity contribution in [3.05, 3.63) is 89.0 Å². The van der Waals surface area contributed by atoms with Crippen LogP contribution in [0.4, 0.5) is 15.9 Å². The van der Waals surface area contributed by atoms with Gasteiger partial charge in [0.05, 0.1) is 39.9 Å². The first-order valence-corrected chi connectivity index (χ1v) is 21.3. The molecule has 61 heavy (non-hydrogen) atoms. The average Bonchev–Trinajstić information content (AvgIpc) is 3.52. The van der Waals surface area contributed by atoms with Gasteiger partial charge in [0.1, 0.15) is 18.0 Å². The second-order valence-corrected chi connectivity index (χ2v) is 16.8. The Morgan fingerprint density at radius 1 is 0.902 bits per heavy atom. The second-order valence-electron chi connectivity index (χ2n) is 16.8. The molecule has 2 unspecified atom stereocenters. The third-order valence-corrected chi connectivity index (χ3v) is 13.0. The highest BCUT2D eigenvalue weighted by Crippen LogP contribution is 2.34. The fourth-order valence-electron chi connectivity index (χ4n) is 9.57.